The molecule has 0 aliphatic heterocycles. The molecular weight excluding hydrogens is 231 g/mol. The number of aryl methyl sites for hydroxylation is 2. The number of hydrogen-bond donors (Lipinski definition) is 2. The molecule has 0 fully saturated rings. The maximum Gasteiger partial charge on any atom is 0.220 e. The van der Waals surface area contributed by atoms with Crippen molar-refractivity contribution in [1.29, 1.82) is 0 Å². The van der Waals surface area contributed by atoms with Crippen molar-refractivity contribution < 1.29 is 9.18 Å². The van der Waals surface area contributed by atoms with Crippen molar-refractivity contribution in [2.75, 3.05) is 0 Å². The lowest BCUT2D eigenvalue weighted by Gasteiger charge is -2.09. The Labute approximate surface area is 108 Å². The molecule has 0 saturated heterocycles. The van der Waals surface area contributed by atoms with E-state index >= 15 is 0 Å². The van der Waals surface area contributed by atoms with E-state index in [1.165, 1.54) is 0 Å². The molecule has 1 amide bonds. The predicted molar refractivity (Wildman–Crippen MR) is 70.6 cm³/mol. The van der Waals surface area contributed by atoms with Gasteiger partial charge in [-0.2, -0.15) is 0 Å². The SMILES string of the molecule is Cc1cc(CNC(=O)CCC(C)N)cc(C)c1F. The Morgan fingerprint density at radius 1 is 1.39 bits per heavy atom. The van der Waals surface area contributed by atoms with Crippen LogP contribution >= 0.6 is 0 Å². The number of carbonyl (C=O) groups is 1. The minimum Gasteiger partial charge on any atom is -0.352 e. The molecule has 0 aliphatic carbocycles. The van der Waals surface area contributed by atoms with Crippen LogP contribution in [0.2, 0.25) is 0 Å². The molecule has 3 nitrogen and oxygen atoms in total. The van der Waals surface area contributed by atoms with Crippen molar-refractivity contribution in [2.24, 2.45) is 5.73 Å². The maximum atomic E-state index is 13.4. The first-order valence-electron chi connectivity index (χ1n) is 6.18. The quantitative estimate of drug-likeness (QED) is 0.844. The third-order valence-electron chi connectivity index (χ3n) is 2.81. The van der Waals surface area contributed by atoms with Gasteiger partial charge in [-0.15, -0.1) is 0 Å². The summed E-state index contributed by atoms with van der Waals surface area (Å²) in [6, 6.07) is 3.55. The molecule has 18 heavy (non-hydrogen) atoms. The summed E-state index contributed by atoms with van der Waals surface area (Å²) in [6.45, 7) is 5.76. The summed E-state index contributed by atoms with van der Waals surface area (Å²) in [6.07, 6.45) is 1.10. The number of nitrogens with one attached hydrogen (secondary N) is 1. The van der Waals surface area contributed by atoms with Gasteiger partial charge in [0.1, 0.15) is 5.82 Å². The van der Waals surface area contributed by atoms with Gasteiger partial charge >= 0.3 is 0 Å². The molecule has 1 aromatic carbocycles. The number of hydrogen-bond acceptors (Lipinski definition) is 2. The fraction of sp³-hybridized carbons (Fsp3) is 0.500. The van der Waals surface area contributed by atoms with Crippen LogP contribution in [0, 0.1) is 19.7 Å². The predicted octanol–water partition coefficient (Wildman–Crippen LogP) is 2.19. The van der Waals surface area contributed by atoms with Crippen molar-refractivity contribution in [3.63, 3.8) is 0 Å². The van der Waals surface area contributed by atoms with Gasteiger partial charge in [-0.05, 0) is 43.9 Å². The fourth-order valence-electron chi connectivity index (χ4n) is 1.79. The molecular formula is C14H21FN2O. The van der Waals surface area contributed by atoms with Gasteiger partial charge in [0, 0.05) is 19.0 Å². The molecule has 1 rings (SSSR count). The Bertz CT molecular complexity index is 407. The van der Waals surface area contributed by atoms with E-state index in [4.69, 9.17) is 5.73 Å². The summed E-state index contributed by atoms with van der Waals surface area (Å²) in [7, 11) is 0. The number of amides is 1. The summed E-state index contributed by atoms with van der Waals surface area (Å²) >= 11 is 0. The Kier molecular flexibility index (Phi) is 5.28. The van der Waals surface area contributed by atoms with Gasteiger partial charge in [0.25, 0.3) is 0 Å². The van der Waals surface area contributed by atoms with Crippen LogP contribution in [-0.2, 0) is 11.3 Å². The zero-order chi connectivity index (χ0) is 13.7. The highest BCUT2D eigenvalue weighted by molar-refractivity contribution is 5.75. The standard InChI is InChI=1S/C14H21FN2O/c1-9-6-12(7-10(2)14(9)15)8-17-13(18)5-4-11(3)16/h6-7,11H,4-5,8,16H2,1-3H3,(H,17,18). The Morgan fingerprint density at radius 2 is 1.94 bits per heavy atom. The molecule has 0 saturated carbocycles. The average molecular weight is 252 g/mol. The van der Waals surface area contributed by atoms with E-state index in [0.717, 1.165) is 5.56 Å². The molecule has 0 aromatic heterocycles. The van der Waals surface area contributed by atoms with Crippen LogP contribution in [0.4, 0.5) is 4.39 Å². The van der Waals surface area contributed by atoms with Gasteiger partial charge in [-0.3, -0.25) is 4.79 Å². The Hall–Kier alpha value is -1.42. The van der Waals surface area contributed by atoms with Crippen LogP contribution in [0.5, 0.6) is 0 Å². The summed E-state index contributed by atoms with van der Waals surface area (Å²) in [5.74, 6) is -0.200. The largest absolute Gasteiger partial charge is 0.352 e. The van der Waals surface area contributed by atoms with Gasteiger partial charge < -0.3 is 11.1 Å². The smallest absolute Gasteiger partial charge is 0.220 e. The van der Waals surface area contributed by atoms with E-state index in [0.29, 0.717) is 30.5 Å². The van der Waals surface area contributed by atoms with Gasteiger partial charge in [0.15, 0.2) is 0 Å². The first kappa shape index (κ1) is 14.6. The highest BCUT2D eigenvalue weighted by Crippen LogP contribution is 2.14. The van der Waals surface area contributed by atoms with Crippen molar-refractivity contribution in [3.05, 3.63) is 34.6 Å². The highest BCUT2D eigenvalue weighted by atomic mass is 19.1. The molecule has 1 unspecified atom stereocenters. The third-order valence-corrected chi connectivity index (χ3v) is 2.81. The molecule has 3 N–H and O–H groups in total. The summed E-state index contributed by atoms with van der Waals surface area (Å²) in [5.41, 5.74) is 7.71. The topological polar surface area (TPSA) is 55.1 Å². The first-order valence-corrected chi connectivity index (χ1v) is 6.18. The lowest BCUT2D eigenvalue weighted by molar-refractivity contribution is -0.121. The van der Waals surface area contributed by atoms with Crippen molar-refractivity contribution in [1.82, 2.24) is 5.32 Å². The molecule has 1 atom stereocenters. The first-order chi connectivity index (χ1) is 8.40. The summed E-state index contributed by atoms with van der Waals surface area (Å²) in [4.78, 5) is 11.5. The van der Waals surface area contributed by atoms with Crippen molar-refractivity contribution in [2.45, 2.75) is 46.2 Å². The lowest BCUT2D eigenvalue weighted by atomic mass is 10.1. The van der Waals surface area contributed by atoms with Crippen molar-refractivity contribution >= 4 is 5.91 Å². The minimum absolute atomic E-state index is 0.0214. The number of carbonyl (C=O) groups excluding carboxylic acids is 1. The summed E-state index contributed by atoms with van der Waals surface area (Å²) < 4.78 is 13.4. The fourth-order valence-corrected chi connectivity index (χ4v) is 1.79. The summed E-state index contributed by atoms with van der Waals surface area (Å²) in [5, 5.41) is 2.81. The lowest BCUT2D eigenvalue weighted by Crippen LogP contribution is -2.25. The zero-order valence-corrected chi connectivity index (χ0v) is 11.2. The average Bonchev–Trinajstić information content (AvgIpc) is 2.30. The zero-order valence-electron chi connectivity index (χ0n) is 11.2. The van der Waals surface area contributed by atoms with Crippen LogP contribution in [-0.4, -0.2) is 11.9 Å². The number of nitrogens with two attached hydrogens (primary N) is 1. The van der Waals surface area contributed by atoms with E-state index in [1.54, 1.807) is 26.0 Å². The molecule has 0 heterocycles. The molecule has 0 aliphatic rings. The third kappa shape index (κ3) is 4.45. The van der Waals surface area contributed by atoms with Gasteiger partial charge in [0.2, 0.25) is 5.91 Å². The molecule has 100 valence electrons. The van der Waals surface area contributed by atoms with Gasteiger partial charge in [0.05, 0.1) is 0 Å². The monoisotopic (exact) mass is 252 g/mol. The molecule has 4 heteroatoms. The Morgan fingerprint density at radius 3 is 2.44 bits per heavy atom. The Balaban J connectivity index is 2.51. The maximum absolute atomic E-state index is 13.4. The number of benzene rings is 1. The van der Waals surface area contributed by atoms with Crippen LogP contribution in [0.15, 0.2) is 12.1 Å². The van der Waals surface area contributed by atoms with Crippen molar-refractivity contribution in [3.8, 4) is 0 Å². The second kappa shape index (κ2) is 6.50. The molecule has 1 aromatic rings. The second-order valence-electron chi connectivity index (χ2n) is 4.84. The van der Waals surface area contributed by atoms with E-state index in [-0.39, 0.29) is 17.8 Å². The van der Waals surface area contributed by atoms with Crippen LogP contribution < -0.4 is 11.1 Å². The van der Waals surface area contributed by atoms with Crippen LogP contribution in [0.3, 0.4) is 0 Å². The normalized spacial score (nSPS) is 12.3. The second-order valence-corrected chi connectivity index (χ2v) is 4.84. The van der Waals surface area contributed by atoms with E-state index < -0.39 is 0 Å². The van der Waals surface area contributed by atoms with Gasteiger partial charge in [-0.25, -0.2) is 4.39 Å². The highest BCUT2D eigenvalue weighted by Gasteiger charge is 2.06. The number of rotatable bonds is 5. The van der Waals surface area contributed by atoms with Crippen LogP contribution in [0.25, 0.3) is 0 Å². The number of halogens is 1. The van der Waals surface area contributed by atoms with E-state index in [9.17, 15) is 9.18 Å². The molecule has 0 bridgehead atoms. The van der Waals surface area contributed by atoms with E-state index in [2.05, 4.69) is 5.32 Å². The van der Waals surface area contributed by atoms with Gasteiger partial charge in [-0.1, -0.05) is 12.1 Å². The molecule has 0 radical (unpaired) electrons. The van der Waals surface area contributed by atoms with Crippen LogP contribution in [0.1, 0.15) is 36.5 Å². The minimum atomic E-state index is -0.179. The van der Waals surface area contributed by atoms with E-state index in [1.807, 2.05) is 6.92 Å². The molecule has 0 spiro atoms.